The first-order valence-corrected chi connectivity index (χ1v) is 11.7. The average molecular weight is 470 g/mol. The number of hydrogen-bond donors (Lipinski definition) is 1. The van der Waals surface area contributed by atoms with Crippen LogP contribution in [0.2, 0.25) is 0 Å². The van der Waals surface area contributed by atoms with Gasteiger partial charge in [-0.2, -0.15) is 0 Å². The van der Waals surface area contributed by atoms with Crippen LogP contribution in [0.4, 0.5) is 5.69 Å². The Morgan fingerprint density at radius 1 is 0.914 bits per heavy atom. The third kappa shape index (κ3) is 4.46. The van der Waals surface area contributed by atoms with E-state index >= 15 is 0 Å². The third-order valence-corrected chi connectivity index (χ3v) is 6.40. The third-order valence-electron chi connectivity index (χ3n) is 6.40. The zero-order valence-corrected chi connectivity index (χ0v) is 21.0. The zero-order chi connectivity index (χ0) is 25.5. The molecule has 1 unspecified atom stereocenters. The first-order chi connectivity index (χ1) is 16.5. The molecule has 1 fully saturated rings. The van der Waals surface area contributed by atoms with E-state index in [2.05, 4.69) is 20.8 Å². The second-order valence-corrected chi connectivity index (χ2v) is 10.1. The molecule has 1 atom stereocenters. The maximum Gasteiger partial charge on any atom is 0.300 e. The number of amides is 1. The molecule has 4 rings (SSSR count). The Morgan fingerprint density at radius 3 is 2.17 bits per heavy atom. The fourth-order valence-electron chi connectivity index (χ4n) is 4.54. The number of ketones is 1. The van der Waals surface area contributed by atoms with Gasteiger partial charge in [0, 0.05) is 5.69 Å². The minimum absolute atomic E-state index is 0.0477. The predicted molar refractivity (Wildman–Crippen MR) is 139 cm³/mol. The van der Waals surface area contributed by atoms with Crippen molar-refractivity contribution in [1.82, 2.24) is 0 Å². The number of nitrogens with zero attached hydrogens (tertiary/aromatic N) is 1. The van der Waals surface area contributed by atoms with Crippen molar-refractivity contribution in [1.29, 1.82) is 0 Å². The van der Waals surface area contributed by atoms with Crippen molar-refractivity contribution in [2.75, 3.05) is 12.0 Å². The summed E-state index contributed by atoms with van der Waals surface area (Å²) in [4.78, 5) is 28.4. The lowest BCUT2D eigenvalue weighted by atomic mass is 9.85. The van der Waals surface area contributed by atoms with Crippen LogP contribution in [0.3, 0.4) is 0 Å². The van der Waals surface area contributed by atoms with Gasteiger partial charge in [0.05, 0.1) is 24.3 Å². The van der Waals surface area contributed by atoms with Crippen LogP contribution in [-0.4, -0.2) is 23.9 Å². The standard InChI is InChI=1S/C30H31NO4/c1-18-9-7-11-20(15-18)26-25(28(33)29(34)31(26)22-12-8-10-19(2)16-22)27(32)23-17-21(30(3,4)5)13-14-24(23)35-6/h7-17,26,32H,1-6H3/b27-25+. The van der Waals surface area contributed by atoms with Crippen molar-refractivity contribution in [3.05, 3.63) is 100 Å². The summed E-state index contributed by atoms with van der Waals surface area (Å²) in [7, 11) is 1.52. The molecule has 1 aliphatic heterocycles. The van der Waals surface area contributed by atoms with Gasteiger partial charge in [0.2, 0.25) is 0 Å². The average Bonchev–Trinajstić information content (AvgIpc) is 3.08. The number of ether oxygens (including phenoxy) is 1. The number of hydrogen-bond acceptors (Lipinski definition) is 4. The highest BCUT2D eigenvalue weighted by molar-refractivity contribution is 6.51. The molecule has 1 heterocycles. The second kappa shape index (κ2) is 9.06. The molecule has 3 aromatic carbocycles. The van der Waals surface area contributed by atoms with Crippen molar-refractivity contribution < 1.29 is 19.4 Å². The highest BCUT2D eigenvalue weighted by Gasteiger charge is 2.47. The number of anilines is 1. The molecule has 0 spiro atoms. The summed E-state index contributed by atoms with van der Waals surface area (Å²) >= 11 is 0. The molecule has 35 heavy (non-hydrogen) atoms. The van der Waals surface area contributed by atoms with E-state index in [1.165, 1.54) is 12.0 Å². The number of Topliss-reactive ketones (excluding diaryl/α,β-unsaturated/α-hetero) is 1. The van der Waals surface area contributed by atoms with E-state index in [1.54, 1.807) is 6.07 Å². The molecule has 3 aromatic rings. The Balaban J connectivity index is 2.01. The van der Waals surface area contributed by atoms with Gasteiger partial charge in [-0.15, -0.1) is 0 Å². The van der Waals surface area contributed by atoms with Crippen LogP contribution in [0, 0.1) is 13.8 Å². The lowest BCUT2D eigenvalue weighted by molar-refractivity contribution is -0.132. The van der Waals surface area contributed by atoms with E-state index in [9.17, 15) is 14.7 Å². The van der Waals surface area contributed by atoms with E-state index in [1.807, 2.05) is 74.5 Å². The molecule has 1 amide bonds. The maximum absolute atomic E-state index is 13.5. The molecular weight excluding hydrogens is 438 g/mol. The van der Waals surface area contributed by atoms with Crippen LogP contribution in [0.1, 0.15) is 54.6 Å². The van der Waals surface area contributed by atoms with Crippen LogP contribution in [0.25, 0.3) is 5.76 Å². The van der Waals surface area contributed by atoms with Crippen LogP contribution < -0.4 is 9.64 Å². The highest BCUT2D eigenvalue weighted by atomic mass is 16.5. The quantitative estimate of drug-likeness (QED) is 0.279. The summed E-state index contributed by atoms with van der Waals surface area (Å²) in [5.74, 6) is -1.21. The molecule has 0 aliphatic carbocycles. The van der Waals surface area contributed by atoms with Crippen LogP contribution in [0.5, 0.6) is 5.75 Å². The van der Waals surface area contributed by atoms with E-state index < -0.39 is 17.7 Å². The first-order valence-electron chi connectivity index (χ1n) is 11.7. The van der Waals surface area contributed by atoms with Gasteiger partial charge < -0.3 is 9.84 Å². The van der Waals surface area contributed by atoms with E-state index in [-0.39, 0.29) is 16.7 Å². The Hall–Kier alpha value is -3.86. The number of carbonyl (C=O) groups is 2. The Labute approximate surface area is 206 Å². The highest BCUT2D eigenvalue weighted by Crippen LogP contribution is 2.44. The van der Waals surface area contributed by atoms with Crippen LogP contribution in [-0.2, 0) is 15.0 Å². The Bertz CT molecular complexity index is 1350. The topological polar surface area (TPSA) is 66.8 Å². The van der Waals surface area contributed by atoms with Gasteiger partial charge in [-0.25, -0.2) is 0 Å². The number of carbonyl (C=O) groups excluding carboxylic acids is 2. The van der Waals surface area contributed by atoms with Gasteiger partial charge in [-0.1, -0.05) is 68.8 Å². The van der Waals surface area contributed by atoms with Crippen LogP contribution in [0.15, 0.2) is 72.3 Å². The monoisotopic (exact) mass is 469 g/mol. The zero-order valence-electron chi connectivity index (χ0n) is 21.0. The summed E-state index contributed by atoms with van der Waals surface area (Å²) in [6.45, 7) is 10.1. The second-order valence-electron chi connectivity index (χ2n) is 10.1. The molecule has 0 saturated carbocycles. The fourth-order valence-corrected chi connectivity index (χ4v) is 4.54. The van der Waals surface area contributed by atoms with Gasteiger partial charge in [-0.05, 0) is 60.2 Å². The van der Waals surface area contributed by atoms with Gasteiger partial charge in [-0.3, -0.25) is 14.5 Å². The molecule has 5 heteroatoms. The molecule has 180 valence electrons. The summed E-state index contributed by atoms with van der Waals surface area (Å²) < 4.78 is 5.54. The number of aryl methyl sites for hydroxylation is 2. The summed E-state index contributed by atoms with van der Waals surface area (Å²) in [5.41, 5.74) is 4.53. The number of rotatable bonds is 4. The van der Waals surface area contributed by atoms with E-state index in [0.29, 0.717) is 17.0 Å². The number of benzene rings is 3. The number of aliphatic hydroxyl groups excluding tert-OH is 1. The Morgan fingerprint density at radius 2 is 1.57 bits per heavy atom. The van der Waals surface area contributed by atoms with Gasteiger partial charge >= 0.3 is 0 Å². The number of aliphatic hydroxyl groups is 1. The first kappa shape index (κ1) is 24.3. The minimum Gasteiger partial charge on any atom is -0.507 e. The largest absolute Gasteiger partial charge is 0.507 e. The molecular formula is C30H31NO4. The summed E-state index contributed by atoms with van der Waals surface area (Å²) in [6.07, 6.45) is 0. The molecule has 0 aromatic heterocycles. The lowest BCUT2D eigenvalue weighted by Gasteiger charge is -2.26. The molecule has 1 saturated heterocycles. The van der Waals surface area contributed by atoms with Gasteiger partial charge in [0.25, 0.3) is 11.7 Å². The number of methoxy groups -OCH3 is 1. The van der Waals surface area contributed by atoms with Crippen LogP contribution >= 0.6 is 0 Å². The van der Waals surface area contributed by atoms with Crippen molar-refractivity contribution in [2.24, 2.45) is 0 Å². The Kier molecular flexibility index (Phi) is 6.28. The van der Waals surface area contributed by atoms with Gasteiger partial charge in [0.1, 0.15) is 11.5 Å². The molecule has 0 bridgehead atoms. The van der Waals surface area contributed by atoms with E-state index in [0.717, 1.165) is 22.3 Å². The maximum atomic E-state index is 13.5. The summed E-state index contributed by atoms with van der Waals surface area (Å²) in [6, 6.07) is 19.9. The normalized spacial score (nSPS) is 17.7. The predicted octanol–water partition coefficient (Wildman–Crippen LogP) is 6.24. The lowest BCUT2D eigenvalue weighted by Crippen LogP contribution is -2.29. The molecule has 5 nitrogen and oxygen atoms in total. The van der Waals surface area contributed by atoms with Gasteiger partial charge in [0.15, 0.2) is 0 Å². The van der Waals surface area contributed by atoms with Crippen molar-refractivity contribution in [2.45, 2.75) is 46.1 Å². The smallest absolute Gasteiger partial charge is 0.300 e. The summed E-state index contributed by atoms with van der Waals surface area (Å²) in [5, 5.41) is 11.6. The fraction of sp³-hybridized carbons (Fsp3) is 0.267. The molecule has 1 aliphatic rings. The molecule has 1 N–H and O–H groups in total. The SMILES string of the molecule is COc1ccc(C(C)(C)C)cc1/C(O)=C1\C(=O)C(=O)N(c2cccc(C)c2)C1c1cccc(C)c1. The van der Waals surface area contributed by atoms with Crippen molar-refractivity contribution in [3.8, 4) is 5.75 Å². The van der Waals surface area contributed by atoms with E-state index in [4.69, 9.17) is 4.74 Å². The van der Waals surface area contributed by atoms with Crippen molar-refractivity contribution >= 4 is 23.1 Å². The molecule has 0 radical (unpaired) electrons. The van der Waals surface area contributed by atoms with Crippen molar-refractivity contribution in [3.63, 3.8) is 0 Å². The minimum atomic E-state index is -0.778.